The van der Waals surface area contributed by atoms with Gasteiger partial charge >= 0.3 is 0 Å². The molecule has 146 valence electrons. The smallest absolute Gasteiger partial charge is 0.246 e. The summed E-state index contributed by atoms with van der Waals surface area (Å²) in [4.78, 5) is 28.0. The van der Waals surface area contributed by atoms with E-state index in [0.717, 1.165) is 17.7 Å². The van der Waals surface area contributed by atoms with Gasteiger partial charge in [0.15, 0.2) is 0 Å². The minimum absolute atomic E-state index is 0.0381. The molecule has 7 heteroatoms. The number of carbonyl (C=O) groups is 2. The Bertz CT molecular complexity index is 917. The largest absolute Gasteiger partial charge is 0.337 e. The predicted octanol–water partition coefficient (Wildman–Crippen LogP) is 3.89. The lowest BCUT2D eigenvalue weighted by Crippen LogP contribution is -2.34. The molecule has 1 fully saturated rings. The molecule has 1 saturated heterocycles. The van der Waals surface area contributed by atoms with Gasteiger partial charge in [-0.25, -0.2) is 8.78 Å². The van der Waals surface area contributed by atoms with Crippen molar-refractivity contribution in [3.05, 3.63) is 76.3 Å². The Hall–Kier alpha value is -2.73. The summed E-state index contributed by atoms with van der Waals surface area (Å²) in [5, 5.41) is 0.606. The molecule has 0 atom stereocenters. The molecule has 0 aromatic heterocycles. The second-order valence-electron chi connectivity index (χ2n) is 6.52. The van der Waals surface area contributed by atoms with E-state index < -0.39 is 11.6 Å². The van der Waals surface area contributed by atoms with Crippen LogP contribution < -0.4 is 0 Å². The van der Waals surface area contributed by atoms with Gasteiger partial charge in [-0.15, -0.1) is 0 Å². The highest BCUT2D eigenvalue weighted by atomic mass is 35.5. The van der Waals surface area contributed by atoms with Gasteiger partial charge in [-0.3, -0.25) is 9.59 Å². The van der Waals surface area contributed by atoms with Gasteiger partial charge in [0.05, 0.1) is 0 Å². The normalized spacial score (nSPS) is 15.2. The van der Waals surface area contributed by atoms with E-state index in [0.29, 0.717) is 31.2 Å². The average molecular weight is 405 g/mol. The van der Waals surface area contributed by atoms with E-state index in [-0.39, 0.29) is 23.8 Å². The third kappa shape index (κ3) is 5.16. The van der Waals surface area contributed by atoms with Crippen molar-refractivity contribution in [2.75, 3.05) is 19.6 Å². The predicted molar refractivity (Wildman–Crippen MR) is 103 cm³/mol. The Morgan fingerprint density at radius 3 is 2.68 bits per heavy atom. The van der Waals surface area contributed by atoms with Crippen LogP contribution in [0.2, 0.25) is 5.02 Å². The first-order valence-corrected chi connectivity index (χ1v) is 9.24. The topological polar surface area (TPSA) is 40.6 Å². The third-order valence-corrected chi connectivity index (χ3v) is 4.77. The van der Waals surface area contributed by atoms with Gasteiger partial charge in [0, 0.05) is 55.3 Å². The summed E-state index contributed by atoms with van der Waals surface area (Å²) in [5.41, 5.74) is 1.05. The van der Waals surface area contributed by atoms with Crippen LogP contribution in [0.25, 0.3) is 6.08 Å². The van der Waals surface area contributed by atoms with Crippen LogP contribution in [0, 0.1) is 11.6 Å². The summed E-state index contributed by atoms with van der Waals surface area (Å²) < 4.78 is 26.6. The summed E-state index contributed by atoms with van der Waals surface area (Å²) >= 11 is 5.99. The summed E-state index contributed by atoms with van der Waals surface area (Å²) in [5.74, 6) is -1.76. The van der Waals surface area contributed by atoms with Crippen LogP contribution in [-0.4, -0.2) is 41.2 Å². The van der Waals surface area contributed by atoms with Crippen molar-refractivity contribution in [3.8, 4) is 0 Å². The maximum Gasteiger partial charge on any atom is 0.246 e. The molecule has 0 saturated carbocycles. The molecule has 4 nitrogen and oxygen atoms in total. The van der Waals surface area contributed by atoms with Crippen molar-refractivity contribution in [2.45, 2.75) is 13.0 Å². The number of carbonyl (C=O) groups excluding carboxylic acids is 2. The highest BCUT2D eigenvalue weighted by molar-refractivity contribution is 6.30. The lowest BCUT2D eigenvalue weighted by molar-refractivity contribution is -0.130. The first-order chi connectivity index (χ1) is 13.4. The van der Waals surface area contributed by atoms with Crippen LogP contribution in [0.4, 0.5) is 8.78 Å². The highest BCUT2D eigenvalue weighted by Gasteiger charge is 2.23. The monoisotopic (exact) mass is 404 g/mol. The van der Waals surface area contributed by atoms with E-state index in [1.54, 1.807) is 15.9 Å². The van der Waals surface area contributed by atoms with E-state index in [1.165, 1.54) is 18.2 Å². The van der Waals surface area contributed by atoms with Crippen molar-refractivity contribution in [3.63, 3.8) is 0 Å². The lowest BCUT2D eigenvalue weighted by atomic mass is 10.2. The highest BCUT2D eigenvalue weighted by Crippen LogP contribution is 2.16. The van der Waals surface area contributed by atoms with Crippen molar-refractivity contribution in [2.24, 2.45) is 0 Å². The van der Waals surface area contributed by atoms with Gasteiger partial charge in [-0.1, -0.05) is 23.7 Å². The van der Waals surface area contributed by atoms with Crippen molar-refractivity contribution in [1.29, 1.82) is 0 Å². The molecular formula is C21H19ClF2N2O2. The maximum absolute atomic E-state index is 13.7. The molecule has 0 N–H and O–H groups in total. The van der Waals surface area contributed by atoms with Gasteiger partial charge in [0.2, 0.25) is 11.8 Å². The van der Waals surface area contributed by atoms with Crippen LogP contribution in [0.3, 0.4) is 0 Å². The molecule has 0 bridgehead atoms. The molecule has 28 heavy (non-hydrogen) atoms. The summed E-state index contributed by atoms with van der Waals surface area (Å²) in [6.45, 7) is 1.50. The molecule has 0 radical (unpaired) electrons. The number of halogens is 3. The lowest BCUT2D eigenvalue weighted by Gasteiger charge is -2.21. The minimum Gasteiger partial charge on any atom is -0.337 e. The van der Waals surface area contributed by atoms with Crippen molar-refractivity contribution >= 4 is 29.5 Å². The van der Waals surface area contributed by atoms with Crippen molar-refractivity contribution in [1.82, 2.24) is 9.80 Å². The molecule has 3 rings (SSSR count). The van der Waals surface area contributed by atoms with Gasteiger partial charge in [0.25, 0.3) is 0 Å². The third-order valence-electron chi connectivity index (χ3n) is 4.53. The molecule has 1 heterocycles. The molecule has 0 unspecified atom stereocenters. The Morgan fingerprint density at radius 1 is 1.11 bits per heavy atom. The molecule has 2 aromatic carbocycles. The first-order valence-electron chi connectivity index (χ1n) is 8.86. The van der Waals surface area contributed by atoms with E-state index in [1.807, 2.05) is 18.2 Å². The zero-order valence-electron chi connectivity index (χ0n) is 15.1. The van der Waals surface area contributed by atoms with Crippen LogP contribution >= 0.6 is 11.6 Å². The van der Waals surface area contributed by atoms with Crippen LogP contribution in [0.1, 0.15) is 17.5 Å². The fourth-order valence-electron chi connectivity index (χ4n) is 3.01. The van der Waals surface area contributed by atoms with Crippen LogP contribution in [-0.2, 0) is 16.1 Å². The Balaban J connectivity index is 1.62. The second-order valence-corrected chi connectivity index (χ2v) is 6.96. The maximum atomic E-state index is 13.7. The molecule has 1 aliphatic rings. The van der Waals surface area contributed by atoms with Crippen LogP contribution in [0.5, 0.6) is 0 Å². The molecule has 0 spiro atoms. The number of hydrogen-bond acceptors (Lipinski definition) is 2. The quantitative estimate of drug-likeness (QED) is 0.725. The zero-order chi connectivity index (χ0) is 20.1. The standard InChI is InChI=1S/C21H19ClF2N2O2/c22-17-3-1-2-15(12-17)14-26-11-10-25(9-8-21(26)28)20(27)7-5-16-4-6-18(23)13-19(16)24/h1-7,12-13H,8-11,14H2/b7-5+. The summed E-state index contributed by atoms with van der Waals surface area (Å²) in [7, 11) is 0. The van der Waals surface area contributed by atoms with E-state index in [2.05, 4.69) is 0 Å². The van der Waals surface area contributed by atoms with Gasteiger partial charge in [-0.05, 0) is 35.9 Å². The fourth-order valence-corrected chi connectivity index (χ4v) is 3.23. The van der Waals surface area contributed by atoms with E-state index in [4.69, 9.17) is 11.6 Å². The van der Waals surface area contributed by atoms with Crippen LogP contribution in [0.15, 0.2) is 48.5 Å². The Morgan fingerprint density at radius 2 is 1.93 bits per heavy atom. The SMILES string of the molecule is O=C(/C=C/c1ccc(F)cc1F)N1CCC(=O)N(Cc2cccc(Cl)c2)CC1. The Labute approximate surface area is 167 Å². The number of nitrogens with zero attached hydrogens (tertiary/aromatic N) is 2. The number of rotatable bonds is 4. The summed E-state index contributed by atoms with van der Waals surface area (Å²) in [6, 6.07) is 10.5. The number of hydrogen-bond donors (Lipinski definition) is 0. The fraction of sp³-hybridized carbons (Fsp3) is 0.238. The van der Waals surface area contributed by atoms with Gasteiger partial charge in [0.1, 0.15) is 11.6 Å². The molecule has 0 aliphatic carbocycles. The van der Waals surface area contributed by atoms with E-state index >= 15 is 0 Å². The molecular weight excluding hydrogens is 386 g/mol. The average Bonchev–Trinajstić information content (AvgIpc) is 2.83. The second kappa shape index (κ2) is 8.97. The number of amides is 2. The molecule has 2 aromatic rings. The van der Waals surface area contributed by atoms with Gasteiger partial charge in [-0.2, -0.15) is 0 Å². The first kappa shape index (κ1) is 20.0. The zero-order valence-corrected chi connectivity index (χ0v) is 15.8. The van der Waals surface area contributed by atoms with Crippen molar-refractivity contribution < 1.29 is 18.4 Å². The Kier molecular flexibility index (Phi) is 6.41. The van der Waals surface area contributed by atoms with E-state index in [9.17, 15) is 18.4 Å². The van der Waals surface area contributed by atoms with Gasteiger partial charge < -0.3 is 9.80 Å². The number of benzene rings is 2. The molecule has 2 amide bonds. The molecule has 1 aliphatic heterocycles. The summed E-state index contributed by atoms with van der Waals surface area (Å²) in [6.07, 6.45) is 2.77. The minimum atomic E-state index is -0.734.